The number of aromatic nitrogens is 1. The van der Waals surface area contributed by atoms with Crippen LogP contribution in [0.1, 0.15) is 0 Å². The Morgan fingerprint density at radius 2 is 1.23 bits per heavy atom. The highest BCUT2D eigenvalue weighted by molar-refractivity contribution is 5.86. The maximum absolute atomic E-state index is 6.07. The third-order valence-electron chi connectivity index (χ3n) is 4.52. The van der Waals surface area contributed by atoms with Crippen molar-refractivity contribution in [3.63, 3.8) is 0 Å². The van der Waals surface area contributed by atoms with Crippen LogP contribution in [0.25, 0.3) is 11.3 Å². The second-order valence-corrected chi connectivity index (χ2v) is 6.13. The molecule has 4 aromatic rings. The lowest BCUT2D eigenvalue weighted by Crippen LogP contribution is -2.15. The molecular weight excluding hydrogens is 320 g/mol. The van der Waals surface area contributed by atoms with Crippen LogP contribution in [0.3, 0.4) is 0 Å². The molecule has 5 rings (SSSR count). The first-order valence-corrected chi connectivity index (χ1v) is 8.58. The van der Waals surface area contributed by atoms with E-state index in [9.17, 15) is 0 Å². The van der Waals surface area contributed by atoms with Crippen molar-refractivity contribution in [1.82, 2.24) is 4.98 Å². The third kappa shape index (κ3) is 2.42. The van der Waals surface area contributed by atoms with Crippen molar-refractivity contribution in [2.75, 3.05) is 4.90 Å². The summed E-state index contributed by atoms with van der Waals surface area (Å²) in [5, 5.41) is 0. The van der Waals surface area contributed by atoms with Crippen LogP contribution in [0, 0.1) is 0 Å². The number of anilines is 3. The first kappa shape index (κ1) is 14.7. The van der Waals surface area contributed by atoms with Gasteiger partial charge in [-0.25, -0.2) is 0 Å². The Morgan fingerprint density at radius 1 is 0.615 bits per heavy atom. The maximum atomic E-state index is 6.07. The quantitative estimate of drug-likeness (QED) is 0.377. The van der Waals surface area contributed by atoms with Gasteiger partial charge in [-0.3, -0.25) is 4.98 Å². The second-order valence-electron chi connectivity index (χ2n) is 6.13. The normalized spacial score (nSPS) is 12.1. The fourth-order valence-electron chi connectivity index (χ4n) is 3.30. The molecule has 3 heteroatoms. The van der Waals surface area contributed by atoms with Gasteiger partial charge in [0.1, 0.15) is 0 Å². The molecule has 0 N–H and O–H groups in total. The molecule has 0 saturated carbocycles. The lowest BCUT2D eigenvalue weighted by Gasteiger charge is -2.32. The van der Waals surface area contributed by atoms with E-state index in [1.165, 1.54) is 0 Å². The van der Waals surface area contributed by atoms with Gasteiger partial charge in [0.2, 0.25) is 0 Å². The Labute approximate surface area is 152 Å². The SMILES string of the molecule is c1ccc(-c2ccc(N3c4ccccc4Oc4ccccc43)cc2)nc1. The minimum atomic E-state index is 0.861. The van der Waals surface area contributed by atoms with Crippen molar-refractivity contribution < 1.29 is 4.74 Å². The number of hydrogen-bond donors (Lipinski definition) is 0. The molecule has 26 heavy (non-hydrogen) atoms. The number of nitrogens with zero attached hydrogens (tertiary/aromatic N) is 2. The van der Waals surface area contributed by atoms with Gasteiger partial charge < -0.3 is 9.64 Å². The van der Waals surface area contributed by atoms with Crippen LogP contribution in [0.4, 0.5) is 17.1 Å². The van der Waals surface area contributed by atoms with Gasteiger partial charge in [0, 0.05) is 17.4 Å². The van der Waals surface area contributed by atoms with Crippen molar-refractivity contribution in [3.05, 3.63) is 97.2 Å². The molecule has 1 aromatic heterocycles. The van der Waals surface area contributed by atoms with E-state index in [4.69, 9.17) is 4.74 Å². The van der Waals surface area contributed by atoms with E-state index in [0.717, 1.165) is 39.8 Å². The van der Waals surface area contributed by atoms with Crippen molar-refractivity contribution in [2.45, 2.75) is 0 Å². The van der Waals surface area contributed by atoms with Gasteiger partial charge in [-0.05, 0) is 48.5 Å². The highest BCUT2D eigenvalue weighted by atomic mass is 16.5. The van der Waals surface area contributed by atoms with E-state index in [-0.39, 0.29) is 0 Å². The molecule has 0 fully saturated rings. The van der Waals surface area contributed by atoms with E-state index in [1.54, 1.807) is 0 Å². The Kier molecular flexibility index (Phi) is 3.42. The molecule has 0 saturated heterocycles. The average Bonchev–Trinajstić information content (AvgIpc) is 2.73. The maximum Gasteiger partial charge on any atom is 0.151 e. The topological polar surface area (TPSA) is 25.4 Å². The van der Waals surface area contributed by atoms with Gasteiger partial charge in [-0.15, -0.1) is 0 Å². The summed E-state index contributed by atoms with van der Waals surface area (Å²) in [6.07, 6.45) is 1.82. The zero-order chi connectivity index (χ0) is 17.3. The summed E-state index contributed by atoms with van der Waals surface area (Å²) in [6.45, 7) is 0. The molecular formula is C23H16N2O. The highest BCUT2D eigenvalue weighted by Gasteiger charge is 2.24. The van der Waals surface area contributed by atoms with E-state index in [2.05, 4.69) is 46.3 Å². The lowest BCUT2D eigenvalue weighted by molar-refractivity contribution is 0.477. The van der Waals surface area contributed by atoms with Gasteiger partial charge in [0.05, 0.1) is 17.1 Å². The van der Waals surface area contributed by atoms with Crippen molar-refractivity contribution in [3.8, 4) is 22.8 Å². The lowest BCUT2D eigenvalue weighted by atomic mass is 10.1. The summed E-state index contributed by atoms with van der Waals surface area (Å²) in [4.78, 5) is 6.66. The Bertz CT molecular complexity index is 1010. The molecule has 0 spiro atoms. The number of pyridine rings is 1. The molecule has 0 unspecified atom stereocenters. The minimum absolute atomic E-state index is 0.861. The van der Waals surface area contributed by atoms with Crippen LogP contribution >= 0.6 is 0 Å². The average molecular weight is 336 g/mol. The predicted molar refractivity (Wildman–Crippen MR) is 104 cm³/mol. The zero-order valence-corrected chi connectivity index (χ0v) is 14.0. The van der Waals surface area contributed by atoms with Crippen molar-refractivity contribution in [2.24, 2.45) is 0 Å². The number of benzene rings is 3. The molecule has 3 nitrogen and oxygen atoms in total. The van der Waals surface area contributed by atoms with Gasteiger partial charge in [0.25, 0.3) is 0 Å². The van der Waals surface area contributed by atoms with Crippen LogP contribution < -0.4 is 9.64 Å². The molecule has 1 aliphatic rings. The van der Waals surface area contributed by atoms with Crippen LogP contribution in [0.2, 0.25) is 0 Å². The Morgan fingerprint density at radius 3 is 1.85 bits per heavy atom. The standard InChI is InChI=1S/C23H16N2O/c1-3-10-22-20(8-1)25(21-9-2-4-11-23(21)26-22)18-14-12-17(13-15-18)19-7-5-6-16-24-19/h1-16H. The number of para-hydroxylation sites is 4. The van der Waals surface area contributed by atoms with E-state index < -0.39 is 0 Å². The van der Waals surface area contributed by atoms with Crippen molar-refractivity contribution in [1.29, 1.82) is 0 Å². The minimum Gasteiger partial charge on any atom is -0.453 e. The predicted octanol–water partition coefficient (Wildman–Crippen LogP) is 6.32. The summed E-state index contributed by atoms with van der Waals surface area (Å²) < 4.78 is 6.07. The monoisotopic (exact) mass is 336 g/mol. The zero-order valence-electron chi connectivity index (χ0n) is 14.0. The largest absolute Gasteiger partial charge is 0.453 e. The summed E-state index contributed by atoms with van der Waals surface area (Å²) in [6, 6.07) is 30.7. The Hall–Kier alpha value is -3.59. The van der Waals surface area contributed by atoms with Gasteiger partial charge in [0.15, 0.2) is 11.5 Å². The first-order chi connectivity index (χ1) is 12.9. The summed E-state index contributed by atoms with van der Waals surface area (Å²) in [5.74, 6) is 1.72. The summed E-state index contributed by atoms with van der Waals surface area (Å²) in [5.41, 5.74) is 5.24. The molecule has 2 heterocycles. The fraction of sp³-hybridized carbons (Fsp3) is 0. The molecule has 0 radical (unpaired) electrons. The molecule has 124 valence electrons. The van der Waals surface area contributed by atoms with Crippen LogP contribution in [0.15, 0.2) is 97.2 Å². The number of fused-ring (bicyclic) bond motifs is 2. The number of rotatable bonds is 2. The highest BCUT2D eigenvalue weighted by Crippen LogP contribution is 2.50. The molecule has 3 aromatic carbocycles. The van der Waals surface area contributed by atoms with Crippen LogP contribution in [-0.2, 0) is 0 Å². The molecule has 0 aliphatic carbocycles. The van der Waals surface area contributed by atoms with Crippen LogP contribution in [0.5, 0.6) is 11.5 Å². The third-order valence-corrected chi connectivity index (χ3v) is 4.52. The van der Waals surface area contributed by atoms with Gasteiger partial charge in [-0.2, -0.15) is 0 Å². The number of hydrogen-bond acceptors (Lipinski definition) is 3. The summed E-state index contributed by atoms with van der Waals surface area (Å²) >= 11 is 0. The van der Waals surface area contributed by atoms with Gasteiger partial charge >= 0.3 is 0 Å². The molecule has 0 amide bonds. The van der Waals surface area contributed by atoms with Crippen LogP contribution in [-0.4, -0.2) is 4.98 Å². The van der Waals surface area contributed by atoms with E-state index >= 15 is 0 Å². The molecule has 0 atom stereocenters. The smallest absolute Gasteiger partial charge is 0.151 e. The fourth-order valence-corrected chi connectivity index (χ4v) is 3.30. The second kappa shape index (κ2) is 6.05. The Balaban J connectivity index is 1.62. The first-order valence-electron chi connectivity index (χ1n) is 8.58. The van der Waals surface area contributed by atoms with Gasteiger partial charge in [-0.1, -0.05) is 42.5 Å². The van der Waals surface area contributed by atoms with Crippen molar-refractivity contribution >= 4 is 17.1 Å². The van der Waals surface area contributed by atoms with E-state index in [0.29, 0.717) is 0 Å². The summed E-state index contributed by atoms with van der Waals surface area (Å²) in [7, 11) is 0. The number of ether oxygens (including phenoxy) is 1. The van der Waals surface area contributed by atoms with E-state index in [1.807, 2.05) is 60.8 Å². The molecule has 0 bridgehead atoms. The molecule has 1 aliphatic heterocycles.